The summed E-state index contributed by atoms with van der Waals surface area (Å²) in [6.07, 6.45) is 3.20. The molecular weight excluding hydrogens is 332 g/mol. The van der Waals surface area contributed by atoms with Crippen molar-refractivity contribution in [2.24, 2.45) is 5.73 Å². The fraction of sp³-hybridized carbons (Fsp3) is 0.0556. The molecule has 4 rings (SSSR count). The van der Waals surface area contributed by atoms with Gasteiger partial charge in [-0.2, -0.15) is 0 Å². The molecule has 0 atom stereocenters. The number of aromatic amines is 1. The van der Waals surface area contributed by atoms with Crippen LogP contribution in [-0.4, -0.2) is 30.4 Å². The molecule has 3 aromatic heterocycles. The first kappa shape index (κ1) is 15.7. The van der Waals surface area contributed by atoms with Crippen LogP contribution in [0.4, 0.5) is 0 Å². The Balaban J connectivity index is 2.06. The largest absolute Gasteiger partial charge is 0.364 e. The highest BCUT2D eigenvalue weighted by atomic mass is 16.2. The lowest BCUT2D eigenvalue weighted by atomic mass is 10.2. The Morgan fingerprint density at radius 3 is 2.58 bits per heavy atom. The van der Waals surface area contributed by atoms with Crippen molar-refractivity contribution in [1.29, 1.82) is 0 Å². The number of aryl methyl sites for hydroxylation is 1. The number of imidazole rings is 1. The number of amides is 1. The topological polar surface area (TPSA) is 120 Å². The smallest absolute Gasteiger partial charge is 0.332 e. The summed E-state index contributed by atoms with van der Waals surface area (Å²) in [6.45, 7) is 1.95. The number of nitrogens with two attached hydrogens (primary N) is 1. The number of primary amides is 1. The van der Waals surface area contributed by atoms with Gasteiger partial charge in [0.05, 0.1) is 5.69 Å². The number of rotatable bonds is 3. The molecule has 0 fully saturated rings. The average molecular weight is 346 g/mol. The van der Waals surface area contributed by atoms with Crippen molar-refractivity contribution in [2.75, 3.05) is 0 Å². The quantitative estimate of drug-likeness (QED) is 0.583. The van der Waals surface area contributed by atoms with Crippen LogP contribution >= 0.6 is 0 Å². The molecule has 0 spiro atoms. The van der Waals surface area contributed by atoms with Crippen LogP contribution in [0.25, 0.3) is 28.2 Å². The minimum atomic E-state index is -0.750. The predicted octanol–water partition coefficient (Wildman–Crippen LogP) is 1.58. The molecule has 0 saturated carbocycles. The number of hydrogen-bond donors (Lipinski definition) is 2. The van der Waals surface area contributed by atoms with E-state index in [2.05, 4.69) is 19.9 Å². The summed E-state index contributed by atoms with van der Waals surface area (Å²) >= 11 is 0. The van der Waals surface area contributed by atoms with Gasteiger partial charge in [-0.1, -0.05) is 17.7 Å². The van der Waals surface area contributed by atoms with E-state index >= 15 is 0 Å². The van der Waals surface area contributed by atoms with Crippen LogP contribution in [0, 0.1) is 6.92 Å². The van der Waals surface area contributed by atoms with Crippen molar-refractivity contribution in [1.82, 2.24) is 24.5 Å². The van der Waals surface area contributed by atoms with Crippen molar-refractivity contribution in [2.45, 2.75) is 6.92 Å². The first-order chi connectivity index (χ1) is 12.5. The molecule has 0 aliphatic rings. The maximum atomic E-state index is 12.5. The van der Waals surface area contributed by atoms with Crippen molar-refractivity contribution in [3.63, 3.8) is 0 Å². The van der Waals surface area contributed by atoms with Crippen LogP contribution in [-0.2, 0) is 0 Å². The van der Waals surface area contributed by atoms with E-state index < -0.39 is 11.6 Å². The van der Waals surface area contributed by atoms with E-state index in [4.69, 9.17) is 5.73 Å². The Kier molecular flexibility index (Phi) is 3.58. The predicted molar refractivity (Wildman–Crippen MR) is 96.0 cm³/mol. The number of hydrogen-bond acceptors (Lipinski definition) is 5. The number of carbonyl (C=O) groups excluding carboxylic acids is 1. The number of pyridine rings is 1. The number of carbonyl (C=O) groups is 1. The third-order valence-corrected chi connectivity index (χ3v) is 3.98. The lowest BCUT2D eigenvalue weighted by molar-refractivity contribution is 0.0997. The summed E-state index contributed by atoms with van der Waals surface area (Å²) in [4.78, 5) is 39.8. The first-order valence-corrected chi connectivity index (χ1v) is 7.84. The average Bonchev–Trinajstić information content (AvgIpc) is 2.98. The third-order valence-electron chi connectivity index (χ3n) is 3.98. The number of nitrogens with one attached hydrogen (secondary N) is 1. The van der Waals surface area contributed by atoms with Gasteiger partial charge in [-0.3, -0.25) is 9.78 Å². The van der Waals surface area contributed by atoms with Gasteiger partial charge in [0.2, 0.25) is 0 Å². The number of fused-ring (bicyclic) bond motifs is 1. The van der Waals surface area contributed by atoms with Crippen molar-refractivity contribution in [3.8, 4) is 17.1 Å². The highest BCUT2D eigenvalue weighted by Crippen LogP contribution is 2.21. The Hall–Kier alpha value is -3.81. The van der Waals surface area contributed by atoms with Crippen LogP contribution in [0.2, 0.25) is 0 Å². The summed E-state index contributed by atoms with van der Waals surface area (Å²) in [5, 5.41) is 0. The van der Waals surface area contributed by atoms with Crippen molar-refractivity contribution < 1.29 is 4.79 Å². The molecule has 0 aliphatic heterocycles. The fourth-order valence-corrected chi connectivity index (χ4v) is 2.72. The summed E-state index contributed by atoms with van der Waals surface area (Å²) < 4.78 is 1.39. The van der Waals surface area contributed by atoms with Gasteiger partial charge in [0.25, 0.3) is 5.91 Å². The van der Waals surface area contributed by atoms with E-state index in [0.717, 1.165) is 5.56 Å². The molecular formula is C18H14N6O2. The molecule has 8 heteroatoms. The number of benzene rings is 1. The van der Waals surface area contributed by atoms with E-state index in [9.17, 15) is 9.59 Å². The zero-order valence-electron chi connectivity index (χ0n) is 13.8. The Morgan fingerprint density at radius 1 is 1.15 bits per heavy atom. The molecule has 26 heavy (non-hydrogen) atoms. The van der Waals surface area contributed by atoms with Gasteiger partial charge >= 0.3 is 5.69 Å². The van der Waals surface area contributed by atoms with E-state index in [-0.39, 0.29) is 22.7 Å². The first-order valence-electron chi connectivity index (χ1n) is 7.84. The van der Waals surface area contributed by atoms with Crippen LogP contribution in [0.3, 0.4) is 0 Å². The molecule has 8 nitrogen and oxygen atoms in total. The molecule has 0 aliphatic carbocycles. The lowest BCUT2D eigenvalue weighted by Crippen LogP contribution is -2.15. The second-order valence-electron chi connectivity index (χ2n) is 5.80. The SMILES string of the molecule is Cc1ccc(-n2c(=O)[nH]c3c(C(N)=O)nc(-c4cccnc4)nc32)cc1. The molecule has 0 radical (unpaired) electrons. The maximum Gasteiger partial charge on any atom is 0.332 e. The van der Waals surface area contributed by atoms with Crippen LogP contribution in [0.15, 0.2) is 53.6 Å². The monoisotopic (exact) mass is 346 g/mol. The normalized spacial score (nSPS) is 11.0. The molecule has 0 saturated heterocycles. The molecule has 0 bridgehead atoms. The molecule has 4 aromatic rings. The van der Waals surface area contributed by atoms with E-state index in [0.29, 0.717) is 11.3 Å². The lowest BCUT2D eigenvalue weighted by Gasteiger charge is -2.06. The van der Waals surface area contributed by atoms with Crippen LogP contribution in [0.5, 0.6) is 0 Å². The van der Waals surface area contributed by atoms with Gasteiger partial charge in [0.1, 0.15) is 5.52 Å². The second kappa shape index (κ2) is 5.92. The molecule has 1 aromatic carbocycles. The van der Waals surface area contributed by atoms with E-state index in [1.165, 1.54) is 4.57 Å². The standard InChI is InChI=1S/C18H14N6O2/c1-10-4-6-12(7-5-10)24-17-14(22-18(24)26)13(15(19)25)21-16(23-17)11-3-2-8-20-9-11/h2-9H,1H3,(H2,19,25)(H,22,26). The Labute approximate surface area is 147 Å². The van der Waals surface area contributed by atoms with Gasteiger partial charge in [-0.25, -0.2) is 19.3 Å². The summed E-state index contributed by atoms with van der Waals surface area (Å²) in [5.74, 6) is -0.487. The van der Waals surface area contributed by atoms with Gasteiger partial charge < -0.3 is 10.7 Å². The van der Waals surface area contributed by atoms with Gasteiger partial charge in [0, 0.05) is 18.0 Å². The highest BCUT2D eigenvalue weighted by Gasteiger charge is 2.20. The summed E-state index contributed by atoms with van der Waals surface area (Å²) in [6, 6.07) is 10.9. The Morgan fingerprint density at radius 2 is 1.92 bits per heavy atom. The molecule has 128 valence electrons. The Bertz CT molecular complexity index is 1180. The summed E-state index contributed by atoms with van der Waals surface area (Å²) in [7, 11) is 0. The summed E-state index contributed by atoms with van der Waals surface area (Å²) in [5.41, 5.74) is 7.78. The minimum Gasteiger partial charge on any atom is -0.364 e. The molecule has 3 heterocycles. The highest BCUT2D eigenvalue weighted by molar-refractivity contribution is 6.02. The van der Waals surface area contributed by atoms with Crippen molar-refractivity contribution in [3.05, 3.63) is 70.5 Å². The zero-order chi connectivity index (χ0) is 18.3. The van der Waals surface area contributed by atoms with Crippen molar-refractivity contribution >= 4 is 17.1 Å². The van der Waals surface area contributed by atoms with E-state index in [1.807, 2.05) is 19.1 Å². The van der Waals surface area contributed by atoms with Gasteiger partial charge in [-0.15, -0.1) is 0 Å². The molecule has 1 amide bonds. The maximum absolute atomic E-state index is 12.5. The zero-order valence-corrected chi connectivity index (χ0v) is 13.8. The van der Waals surface area contributed by atoms with Crippen LogP contribution in [0.1, 0.15) is 16.1 Å². The van der Waals surface area contributed by atoms with Gasteiger partial charge in [-0.05, 0) is 31.2 Å². The third kappa shape index (κ3) is 2.53. The van der Waals surface area contributed by atoms with Gasteiger partial charge in [0.15, 0.2) is 17.2 Å². The van der Waals surface area contributed by atoms with E-state index in [1.54, 1.807) is 36.7 Å². The fourth-order valence-electron chi connectivity index (χ4n) is 2.72. The molecule has 3 N–H and O–H groups in total. The van der Waals surface area contributed by atoms with Crippen LogP contribution < -0.4 is 11.4 Å². The number of nitrogens with zero attached hydrogens (tertiary/aromatic N) is 4. The number of H-pyrrole nitrogens is 1. The number of aromatic nitrogens is 5. The second-order valence-corrected chi connectivity index (χ2v) is 5.80. The molecule has 0 unspecified atom stereocenters. The minimum absolute atomic E-state index is 0.0446.